The largest absolute Gasteiger partial charge is 0.472 e. The molecule has 0 aromatic rings. The molecular formula is C84H164O17P2. The number of hydrogen-bond acceptors (Lipinski definition) is 15. The number of carbonyl (C=O) groups is 4. The summed E-state index contributed by atoms with van der Waals surface area (Å²) in [7, 11) is -9.93. The molecule has 0 aliphatic heterocycles. The van der Waals surface area contributed by atoms with Crippen molar-refractivity contribution in [3.63, 3.8) is 0 Å². The van der Waals surface area contributed by atoms with Crippen molar-refractivity contribution in [2.24, 2.45) is 17.8 Å². The van der Waals surface area contributed by atoms with Gasteiger partial charge in [0.2, 0.25) is 0 Å². The Kier molecular flexibility index (Phi) is 72.8. The highest BCUT2D eigenvalue weighted by atomic mass is 31.2. The van der Waals surface area contributed by atoms with Gasteiger partial charge in [-0.05, 0) is 43.4 Å². The molecule has 3 unspecified atom stereocenters. The first kappa shape index (κ1) is 101. The molecule has 0 heterocycles. The minimum absolute atomic E-state index is 0.107. The predicted octanol–water partition coefficient (Wildman–Crippen LogP) is 25.3. The average molecular weight is 1510 g/mol. The summed E-state index contributed by atoms with van der Waals surface area (Å²) in [4.78, 5) is 73.2. The number of esters is 4. The van der Waals surface area contributed by atoms with Crippen LogP contribution in [0.3, 0.4) is 0 Å². The molecule has 19 heteroatoms. The van der Waals surface area contributed by atoms with Crippen molar-refractivity contribution in [2.45, 2.75) is 458 Å². The zero-order chi connectivity index (χ0) is 75.8. The highest BCUT2D eigenvalue weighted by molar-refractivity contribution is 7.47. The molecule has 0 amide bonds. The summed E-state index contributed by atoms with van der Waals surface area (Å²) in [5, 5.41) is 10.7. The summed E-state index contributed by atoms with van der Waals surface area (Å²) in [6.45, 7) is 12.0. The van der Waals surface area contributed by atoms with E-state index in [0.29, 0.717) is 25.7 Å². The van der Waals surface area contributed by atoms with Gasteiger partial charge in [0.15, 0.2) is 12.2 Å². The zero-order valence-corrected chi connectivity index (χ0v) is 69.6. The third kappa shape index (κ3) is 76.6. The average Bonchev–Trinajstić information content (AvgIpc) is 1.13. The molecule has 612 valence electrons. The Morgan fingerprint density at radius 1 is 0.282 bits per heavy atom. The summed E-state index contributed by atoms with van der Waals surface area (Å²) in [6.07, 6.45) is 63.6. The van der Waals surface area contributed by atoms with E-state index in [1.54, 1.807) is 0 Å². The van der Waals surface area contributed by atoms with Gasteiger partial charge in [-0.3, -0.25) is 37.3 Å². The van der Waals surface area contributed by atoms with E-state index in [-0.39, 0.29) is 25.7 Å². The van der Waals surface area contributed by atoms with Crippen molar-refractivity contribution < 1.29 is 80.2 Å². The molecule has 17 nitrogen and oxygen atoms in total. The van der Waals surface area contributed by atoms with E-state index in [4.69, 9.17) is 37.0 Å². The van der Waals surface area contributed by atoms with Crippen LogP contribution >= 0.6 is 15.6 Å². The Balaban J connectivity index is 5.27. The van der Waals surface area contributed by atoms with Gasteiger partial charge in [0.1, 0.15) is 19.3 Å². The van der Waals surface area contributed by atoms with Crippen LogP contribution in [0.5, 0.6) is 0 Å². The smallest absolute Gasteiger partial charge is 0.462 e. The van der Waals surface area contributed by atoms with Crippen molar-refractivity contribution in [2.75, 3.05) is 39.6 Å². The number of ether oxygens (including phenoxy) is 4. The zero-order valence-electron chi connectivity index (χ0n) is 67.8. The second-order valence-electron chi connectivity index (χ2n) is 31.4. The summed E-state index contributed by atoms with van der Waals surface area (Å²) < 4.78 is 68.9. The lowest BCUT2D eigenvalue weighted by Gasteiger charge is -2.21. The van der Waals surface area contributed by atoms with Gasteiger partial charge in [-0.25, -0.2) is 9.13 Å². The molecule has 3 N–H and O–H groups in total. The molecule has 0 rings (SSSR count). The highest BCUT2D eigenvalue weighted by Gasteiger charge is 2.30. The van der Waals surface area contributed by atoms with Crippen LogP contribution in [0.15, 0.2) is 0 Å². The van der Waals surface area contributed by atoms with E-state index in [1.807, 2.05) is 0 Å². The third-order valence-electron chi connectivity index (χ3n) is 20.0. The summed E-state index contributed by atoms with van der Waals surface area (Å²) in [5.74, 6) is 0.307. The highest BCUT2D eigenvalue weighted by Crippen LogP contribution is 2.45. The fraction of sp³-hybridized carbons (Fsp3) is 0.952. The topological polar surface area (TPSA) is 237 Å². The second-order valence-corrected chi connectivity index (χ2v) is 34.3. The van der Waals surface area contributed by atoms with Crippen LogP contribution in [0.2, 0.25) is 0 Å². The van der Waals surface area contributed by atoms with E-state index in [2.05, 4.69) is 48.5 Å². The van der Waals surface area contributed by atoms with Gasteiger partial charge in [0.25, 0.3) is 0 Å². The molecule has 0 saturated heterocycles. The van der Waals surface area contributed by atoms with Gasteiger partial charge < -0.3 is 33.8 Å². The van der Waals surface area contributed by atoms with Crippen molar-refractivity contribution in [1.82, 2.24) is 0 Å². The molecule has 6 atom stereocenters. The third-order valence-corrected chi connectivity index (χ3v) is 21.9. The van der Waals surface area contributed by atoms with Crippen LogP contribution in [0.25, 0.3) is 0 Å². The lowest BCUT2D eigenvalue weighted by Crippen LogP contribution is -2.30. The van der Waals surface area contributed by atoms with E-state index in [1.165, 1.54) is 250 Å². The SMILES string of the molecule is CCCCCCCCCCCCCCCC(=O)OC[C@H](COP(=O)(O)OC[C@H](O)COP(=O)(O)OC[C@@H](COC(=O)CCCCCCCCCCCCCCCCC(C)C)OC(=O)CCCCCCCCCCCCCCCCCCC(C)C)OC(=O)CCCCCCCCCCCCC(C)CC. The van der Waals surface area contributed by atoms with Crippen LogP contribution in [-0.4, -0.2) is 96.7 Å². The molecule has 0 radical (unpaired) electrons. The maximum Gasteiger partial charge on any atom is 0.472 e. The van der Waals surface area contributed by atoms with Crippen molar-refractivity contribution >= 4 is 39.5 Å². The van der Waals surface area contributed by atoms with Gasteiger partial charge in [-0.1, -0.05) is 389 Å². The second kappa shape index (κ2) is 74.2. The monoisotopic (exact) mass is 1510 g/mol. The Morgan fingerprint density at radius 3 is 0.738 bits per heavy atom. The minimum Gasteiger partial charge on any atom is -0.462 e. The van der Waals surface area contributed by atoms with Crippen LogP contribution in [0.1, 0.15) is 440 Å². The molecule has 0 spiro atoms. The molecule has 0 aromatic carbocycles. The van der Waals surface area contributed by atoms with Gasteiger partial charge in [0.05, 0.1) is 26.4 Å². The number of phosphoric ester groups is 2. The summed E-state index contributed by atoms with van der Waals surface area (Å²) in [6, 6.07) is 0. The first-order chi connectivity index (χ1) is 49.8. The number of phosphoric acid groups is 2. The van der Waals surface area contributed by atoms with Gasteiger partial charge in [-0.15, -0.1) is 0 Å². The van der Waals surface area contributed by atoms with E-state index in [0.717, 1.165) is 108 Å². The Labute approximate surface area is 632 Å². The molecule has 0 fully saturated rings. The molecular weight excluding hydrogens is 1340 g/mol. The molecule has 0 aliphatic carbocycles. The standard InChI is InChI=1S/C84H164O17P2/c1-8-10-11-12-13-14-15-22-29-37-44-51-58-65-81(86)94-72-80(101-84(89)68-61-54-47-40-33-32-36-43-50-57-64-77(7)9-2)74-99-103(92,93)97-70-78(85)69-96-102(90,91)98-73-79(71-95-82(87)66-59-52-45-38-30-25-21-20-24-28-35-42-49-56-63-76(5)6)100-83(88)67-60-53-46-39-31-26-19-17-16-18-23-27-34-41-48-55-62-75(3)4/h75-80,85H,8-74H2,1-7H3,(H,90,91)(H,92,93)/t77?,78-,79-,80-/m1/s1. The number of carbonyl (C=O) groups excluding carboxylic acids is 4. The minimum atomic E-state index is -4.97. The maximum atomic E-state index is 13.1. The predicted molar refractivity (Wildman–Crippen MR) is 423 cm³/mol. The van der Waals surface area contributed by atoms with Crippen LogP contribution in [0, 0.1) is 17.8 Å². The molecule has 0 bridgehead atoms. The van der Waals surface area contributed by atoms with Crippen LogP contribution in [0.4, 0.5) is 0 Å². The van der Waals surface area contributed by atoms with Gasteiger partial charge in [-0.2, -0.15) is 0 Å². The quantitative estimate of drug-likeness (QED) is 0.0222. The van der Waals surface area contributed by atoms with Gasteiger partial charge >= 0.3 is 39.5 Å². The number of unbranched alkanes of at least 4 members (excludes halogenated alkanes) is 49. The maximum absolute atomic E-state index is 13.1. The molecule has 0 aliphatic rings. The van der Waals surface area contributed by atoms with Crippen LogP contribution in [-0.2, 0) is 65.4 Å². The molecule has 0 aromatic heterocycles. The summed E-state index contributed by atoms with van der Waals surface area (Å²) >= 11 is 0. The lowest BCUT2D eigenvalue weighted by atomic mass is 9.99. The van der Waals surface area contributed by atoms with Crippen molar-refractivity contribution in [3.05, 3.63) is 0 Å². The first-order valence-corrected chi connectivity index (χ1v) is 46.4. The fourth-order valence-corrected chi connectivity index (χ4v) is 14.6. The molecule has 103 heavy (non-hydrogen) atoms. The normalized spacial score (nSPS) is 14.2. The van der Waals surface area contributed by atoms with E-state index >= 15 is 0 Å². The first-order valence-electron chi connectivity index (χ1n) is 43.4. The van der Waals surface area contributed by atoms with E-state index < -0.39 is 97.5 Å². The fourth-order valence-electron chi connectivity index (χ4n) is 13.0. The number of rotatable bonds is 82. The number of aliphatic hydroxyl groups excluding tert-OH is 1. The Bertz CT molecular complexity index is 1990. The number of aliphatic hydroxyl groups is 1. The Hall–Kier alpha value is -1.94. The lowest BCUT2D eigenvalue weighted by molar-refractivity contribution is -0.161. The molecule has 0 saturated carbocycles. The van der Waals surface area contributed by atoms with Crippen molar-refractivity contribution in [3.8, 4) is 0 Å². The van der Waals surface area contributed by atoms with Gasteiger partial charge in [0, 0.05) is 25.7 Å². The number of hydrogen-bond donors (Lipinski definition) is 3. The van der Waals surface area contributed by atoms with Crippen molar-refractivity contribution in [1.29, 1.82) is 0 Å². The Morgan fingerprint density at radius 2 is 0.495 bits per heavy atom. The van der Waals surface area contributed by atoms with Crippen LogP contribution < -0.4 is 0 Å². The summed E-state index contributed by atoms with van der Waals surface area (Å²) in [5.41, 5.74) is 0. The van der Waals surface area contributed by atoms with E-state index in [9.17, 15) is 43.2 Å².